The van der Waals surface area contributed by atoms with Crippen LogP contribution in [0.1, 0.15) is 17.0 Å². The molecule has 0 aromatic heterocycles. The highest BCUT2D eigenvalue weighted by molar-refractivity contribution is 5.79. The minimum Gasteiger partial charge on any atom is -0.448 e. The summed E-state index contributed by atoms with van der Waals surface area (Å²) in [6.45, 7) is 14.6. The molecule has 0 spiro atoms. The Bertz CT molecular complexity index is 1300. The highest BCUT2D eigenvalue weighted by atomic mass is 16.6. The molecule has 0 radical (unpaired) electrons. The Balaban J connectivity index is 0.931. The molecule has 1 amide bonds. The van der Waals surface area contributed by atoms with Gasteiger partial charge in [0.25, 0.3) is 0 Å². The Hall–Kier alpha value is -2.85. The summed E-state index contributed by atoms with van der Waals surface area (Å²) in [4.78, 5) is 14.2. The van der Waals surface area contributed by atoms with E-state index in [0.29, 0.717) is 185 Å². The van der Waals surface area contributed by atoms with Gasteiger partial charge < -0.3 is 76.5 Å². The third kappa shape index (κ3) is 26.1. The molecule has 0 bridgehead atoms. The SMILES string of the molecule is CNCCOCCOCCOCCOCCOCCOCCOCCOCCOCCOCCOCCOCCOCCN(C)C(=O)OCC1c2ccccc2-c2ccccc21. The summed E-state index contributed by atoms with van der Waals surface area (Å²) in [5, 5.41) is 3.02. The van der Waals surface area contributed by atoms with Crippen molar-refractivity contribution in [3.63, 3.8) is 0 Å². The maximum atomic E-state index is 12.6. The number of ether oxygens (including phenoxy) is 14. The fraction of sp³-hybridized carbons (Fsp3) is 0.711. The Morgan fingerprint density at radius 1 is 0.435 bits per heavy atom. The number of nitrogens with zero attached hydrogens (tertiary/aromatic N) is 1. The summed E-state index contributed by atoms with van der Waals surface area (Å²) < 4.78 is 77.2. The van der Waals surface area contributed by atoms with Crippen LogP contribution in [0.15, 0.2) is 48.5 Å². The first-order valence-corrected chi connectivity index (χ1v) is 21.9. The molecule has 0 saturated heterocycles. The number of likely N-dealkylation sites (N-methyl/N-ethyl adjacent to an activating group) is 2. The zero-order valence-electron chi connectivity index (χ0n) is 37.3. The standard InChI is InChI=1S/C45H74N2O15/c1-46-11-13-49-15-17-51-19-21-53-23-25-55-27-29-57-31-33-59-35-37-61-38-36-60-34-32-58-30-28-56-26-24-54-22-20-52-18-16-50-14-12-47(2)45(48)62-39-44-42-9-5-3-7-40(42)41-8-4-6-10-43(41)44/h3-10,44,46H,11-39H2,1-2H3. The topological polar surface area (TPSA) is 162 Å². The fourth-order valence-electron chi connectivity index (χ4n) is 5.91. The molecule has 1 N–H and O–H groups in total. The van der Waals surface area contributed by atoms with E-state index in [1.165, 1.54) is 27.2 Å². The van der Waals surface area contributed by atoms with E-state index in [1.807, 2.05) is 31.3 Å². The fourth-order valence-corrected chi connectivity index (χ4v) is 5.91. The van der Waals surface area contributed by atoms with Gasteiger partial charge in [-0.25, -0.2) is 4.79 Å². The second-order valence-electron chi connectivity index (χ2n) is 13.8. The van der Waals surface area contributed by atoms with Gasteiger partial charge in [0.15, 0.2) is 0 Å². The quantitative estimate of drug-likeness (QED) is 0.0965. The highest BCUT2D eigenvalue weighted by Crippen LogP contribution is 2.44. The molecule has 0 aliphatic heterocycles. The third-order valence-corrected chi connectivity index (χ3v) is 9.18. The van der Waals surface area contributed by atoms with Gasteiger partial charge in [0.05, 0.1) is 172 Å². The average molecular weight is 883 g/mol. The van der Waals surface area contributed by atoms with E-state index in [-0.39, 0.29) is 12.0 Å². The van der Waals surface area contributed by atoms with Crippen LogP contribution in [0.25, 0.3) is 11.1 Å². The van der Waals surface area contributed by atoms with Gasteiger partial charge >= 0.3 is 6.09 Å². The molecular formula is C45H74N2O15. The lowest BCUT2D eigenvalue weighted by Gasteiger charge is -2.19. The molecule has 2 aromatic carbocycles. The number of nitrogens with one attached hydrogen (secondary N) is 1. The number of hydrogen-bond acceptors (Lipinski definition) is 16. The monoisotopic (exact) mass is 883 g/mol. The van der Waals surface area contributed by atoms with E-state index in [9.17, 15) is 4.79 Å². The third-order valence-electron chi connectivity index (χ3n) is 9.18. The van der Waals surface area contributed by atoms with E-state index >= 15 is 0 Å². The van der Waals surface area contributed by atoms with Crippen LogP contribution >= 0.6 is 0 Å². The van der Waals surface area contributed by atoms with E-state index in [4.69, 9.17) is 66.3 Å². The van der Waals surface area contributed by atoms with Gasteiger partial charge in [0, 0.05) is 26.1 Å². The van der Waals surface area contributed by atoms with Crippen LogP contribution in [0.4, 0.5) is 4.79 Å². The first-order valence-electron chi connectivity index (χ1n) is 21.9. The predicted molar refractivity (Wildman–Crippen MR) is 232 cm³/mol. The lowest BCUT2D eigenvalue weighted by atomic mass is 9.98. The Morgan fingerprint density at radius 2 is 0.710 bits per heavy atom. The Labute approximate surface area is 369 Å². The van der Waals surface area contributed by atoms with Gasteiger partial charge in [-0.15, -0.1) is 0 Å². The Morgan fingerprint density at radius 3 is 1.02 bits per heavy atom. The van der Waals surface area contributed by atoms with Crippen molar-refractivity contribution >= 4 is 6.09 Å². The second-order valence-corrected chi connectivity index (χ2v) is 13.8. The molecule has 0 unspecified atom stereocenters. The summed E-state index contributed by atoms with van der Waals surface area (Å²) in [5.74, 6) is 0.0357. The van der Waals surface area contributed by atoms with Gasteiger partial charge in [-0.05, 0) is 29.3 Å². The second kappa shape index (κ2) is 38.6. The molecular weight excluding hydrogens is 808 g/mol. The van der Waals surface area contributed by atoms with Crippen molar-refractivity contribution in [2.24, 2.45) is 0 Å². The van der Waals surface area contributed by atoms with Crippen molar-refractivity contribution in [1.82, 2.24) is 10.2 Å². The van der Waals surface area contributed by atoms with E-state index in [0.717, 1.165) is 6.54 Å². The van der Waals surface area contributed by atoms with Crippen molar-refractivity contribution in [3.05, 3.63) is 59.7 Å². The first kappa shape index (κ1) is 53.5. The van der Waals surface area contributed by atoms with Crippen LogP contribution in [0.2, 0.25) is 0 Å². The maximum absolute atomic E-state index is 12.6. The van der Waals surface area contributed by atoms with E-state index < -0.39 is 0 Å². The lowest BCUT2D eigenvalue weighted by molar-refractivity contribution is -0.0290. The zero-order chi connectivity index (χ0) is 43.8. The van der Waals surface area contributed by atoms with Crippen molar-refractivity contribution < 1.29 is 71.1 Å². The largest absolute Gasteiger partial charge is 0.448 e. The zero-order valence-corrected chi connectivity index (χ0v) is 37.3. The summed E-state index contributed by atoms with van der Waals surface area (Å²) in [5.41, 5.74) is 4.79. The van der Waals surface area contributed by atoms with Gasteiger partial charge in [-0.1, -0.05) is 48.5 Å². The number of carbonyl (C=O) groups excluding carboxylic acids is 1. The molecule has 0 saturated carbocycles. The molecule has 0 fully saturated rings. The molecule has 1 aliphatic rings. The van der Waals surface area contributed by atoms with Gasteiger partial charge in [-0.3, -0.25) is 0 Å². The molecule has 1 aliphatic carbocycles. The first-order chi connectivity index (χ1) is 30.7. The molecule has 0 heterocycles. The number of rotatable bonds is 44. The predicted octanol–water partition coefficient (Wildman–Crippen LogP) is 3.30. The summed E-state index contributed by atoms with van der Waals surface area (Å²) in [7, 11) is 3.61. The Kier molecular flexibility index (Phi) is 33.3. The van der Waals surface area contributed by atoms with Crippen LogP contribution < -0.4 is 5.32 Å². The van der Waals surface area contributed by atoms with E-state index in [1.54, 1.807) is 7.05 Å². The van der Waals surface area contributed by atoms with E-state index in [2.05, 4.69) is 29.6 Å². The minimum absolute atomic E-state index is 0.0357. The molecule has 17 heteroatoms. The summed E-state index contributed by atoms with van der Waals surface area (Å²) >= 11 is 0. The number of amides is 1. The minimum atomic E-state index is -0.366. The van der Waals surface area contributed by atoms with Gasteiger partial charge in [0.2, 0.25) is 0 Å². The van der Waals surface area contributed by atoms with Crippen molar-refractivity contribution in [2.75, 3.05) is 206 Å². The molecule has 17 nitrogen and oxygen atoms in total. The number of benzene rings is 2. The normalized spacial score (nSPS) is 12.2. The average Bonchev–Trinajstić information content (AvgIpc) is 3.61. The van der Waals surface area contributed by atoms with Crippen LogP contribution in [-0.2, 0) is 66.3 Å². The lowest BCUT2D eigenvalue weighted by Crippen LogP contribution is -2.32. The van der Waals surface area contributed by atoms with Gasteiger partial charge in [-0.2, -0.15) is 0 Å². The highest BCUT2D eigenvalue weighted by Gasteiger charge is 2.29. The molecule has 3 rings (SSSR count). The molecule has 62 heavy (non-hydrogen) atoms. The van der Waals surface area contributed by atoms with Crippen LogP contribution in [-0.4, -0.2) is 217 Å². The van der Waals surface area contributed by atoms with Crippen LogP contribution in [0.3, 0.4) is 0 Å². The summed E-state index contributed by atoms with van der Waals surface area (Å²) in [6, 6.07) is 16.6. The molecule has 2 aromatic rings. The van der Waals surface area contributed by atoms with Crippen molar-refractivity contribution in [3.8, 4) is 11.1 Å². The van der Waals surface area contributed by atoms with Gasteiger partial charge in [0.1, 0.15) is 6.61 Å². The number of fused-ring (bicyclic) bond motifs is 3. The molecule has 354 valence electrons. The van der Waals surface area contributed by atoms with Crippen molar-refractivity contribution in [1.29, 1.82) is 0 Å². The number of carbonyl (C=O) groups is 1. The van der Waals surface area contributed by atoms with Crippen LogP contribution in [0, 0.1) is 0 Å². The maximum Gasteiger partial charge on any atom is 0.409 e. The number of hydrogen-bond donors (Lipinski definition) is 1. The summed E-state index contributed by atoms with van der Waals surface area (Å²) in [6.07, 6.45) is -0.366. The van der Waals surface area contributed by atoms with Crippen LogP contribution in [0.5, 0.6) is 0 Å². The van der Waals surface area contributed by atoms with Crippen molar-refractivity contribution in [2.45, 2.75) is 5.92 Å². The smallest absolute Gasteiger partial charge is 0.409 e. The molecule has 0 atom stereocenters.